The molecule has 0 aromatic heterocycles. The molecule has 0 unspecified atom stereocenters. The first-order valence-corrected chi connectivity index (χ1v) is 7.52. The number of anilines is 1. The monoisotopic (exact) mass is 308 g/mol. The Kier molecular flexibility index (Phi) is 4.06. The molecule has 110 valence electrons. The van der Waals surface area contributed by atoms with Gasteiger partial charge in [0.1, 0.15) is 10.7 Å². The zero-order chi connectivity index (χ0) is 15.6. The molecule has 5 nitrogen and oxygen atoms in total. The predicted octanol–water partition coefficient (Wildman–Crippen LogP) is 2.03. The Balaban J connectivity index is 2.30. The summed E-state index contributed by atoms with van der Waals surface area (Å²) >= 11 is 0. The number of benzene rings is 2. The van der Waals surface area contributed by atoms with Gasteiger partial charge in [0, 0.05) is 11.3 Å². The number of nitrogens with one attached hydrogen (secondary N) is 1. The predicted molar refractivity (Wildman–Crippen MR) is 76.9 cm³/mol. The highest BCUT2D eigenvalue weighted by molar-refractivity contribution is 7.89. The Morgan fingerprint density at radius 1 is 1.14 bits per heavy atom. The van der Waals surface area contributed by atoms with Crippen molar-refractivity contribution in [2.45, 2.75) is 11.8 Å². The summed E-state index contributed by atoms with van der Waals surface area (Å²) in [4.78, 5) is 11.3. The highest BCUT2D eigenvalue weighted by atomic mass is 32.2. The molecule has 0 bridgehead atoms. The van der Waals surface area contributed by atoms with Gasteiger partial charge >= 0.3 is 0 Å². The first-order chi connectivity index (χ1) is 9.77. The SMILES string of the molecule is Cc1ccc(NC(=O)c2ccc(F)c(S(N)(=O)=O)c2)cc1. The summed E-state index contributed by atoms with van der Waals surface area (Å²) in [6.45, 7) is 1.91. The average molecular weight is 308 g/mol. The Labute approximate surface area is 121 Å². The van der Waals surface area contributed by atoms with E-state index in [1.54, 1.807) is 12.1 Å². The molecule has 1 amide bonds. The standard InChI is InChI=1S/C14H13FN2O3S/c1-9-2-5-11(6-3-9)17-14(18)10-4-7-12(15)13(8-10)21(16,19)20/h2-8H,1H3,(H,17,18)(H2,16,19,20). The molecule has 0 saturated carbocycles. The maximum atomic E-state index is 13.4. The van der Waals surface area contributed by atoms with Gasteiger partial charge in [-0.3, -0.25) is 4.79 Å². The highest BCUT2D eigenvalue weighted by Crippen LogP contribution is 2.17. The minimum atomic E-state index is -4.22. The van der Waals surface area contributed by atoms with Crippen molar-refractivity contribution >= 4 is 21.6 Å². The molecule has 2 rings (SSSR count). The largest absolute Gasteiger partial charge is 0.322 e. The number of hydrogen-bond donors (Lipinski definition) is 2. The van der Waals surface area contributed by atoms with E-state index in [1.807, 2.05) is 19.1 Å². The van der Waals surface area contributed by atoms with Gasteiger partial charge in [0.15, 0.2) is 0 Å². The molecule has 0 radical (unpaired) electrons. The van der Waals surface area contributed by atoms with Crippen molar-refractivity contribution < 1.29 is 17.6 Å². The third-order valence-electron chi connectivity index (χ3n) is 2.81. The zero-order valence-electron chi connectivity index (χ0n) is 11.1. The highest BCUT2D eigenvalue weighted by Gasteiger charge is 2.17. The quantitative estimate of drug-likeness (QED) is 0.909. The summed E-state index contributed by atoms with van der Waals surface area (Å²) < 4.78 is 35.9. The van der Waals surface area contributed by atoms with E-state index >= 15 is 0 Å². The van der Waals surface area contributed by atoms with Crippen molar-refractivity contribution in [3.63, 3.8) is 0 Å². The molecule has 21 heavy (non-hydrogen) atoms. The summed E-state index contributed by atoms with van der Waals surface area (Å²) in [5, 5.41) is 7.48. The van der Waals surface area contributed by atoms with E-state index in [-0.39, 0.29) is 5.56 Å². The fraction of sp³-hybridized carbons (Fsp3) is 0.0714. The van der Waals surface area contributed by atoms with Crippen molar-refractivity contribution in [1.29, 1.82) is 0 Å². The van der Waals surface area contributed by atoms with Gasteiger partial charge in [-0.2, -0.15) is 0 Å². The van der Waals surface area contributed by atoms with Crippen LogP contribution in [0.1, 0.15) is 15.9 Å². The van der Waals surface area contributed by atoms with Gasteiger partial charge in [-0.25, -0.2) is 17.9 Å². The van der Waals surface area contributed by atoms with Crippen LogP contribution in [0, 0.1) is 12.7 Å². The van der Waals surface area contributed by atoms with E-state index in [0.29, 0.717) is 5.69 Å². The third-order valence-corrected chi connectivity index (χ3v) is 3.74. The number of hydrogen-bond acceptors (Lipinski definition) is 3. The van der Waals surface area contributed by atoms with Gasteiger partial charge in [0.05, 0.1) is 0 Å². The summed E-state index contributed by atoms with van der Waals surface area (Å²) in [5.74, 6) is -1.55. The zero-order valence-corrected chi connectivity index (χ0v) is 11.9. The van der Waals surface area contributed by atoms with Crippen molar-refractivity contribution in [3.05, 3.63) is 59.4 Å². The lowest BCUT2D eigenvalue weighted by Gasteiger charge is -2.07. The van der Waals surface area contributed by atoms with Crippen LogP contribution in [-0.2, 0) is 10.0 Å². The number of amides is 1. The van der Waals surface area contributed by atoms with Gasteiger partial charge in [-0.1, -0.05) is 17.7 Å². The first-order valence-electron chi connectivity index (χ1n) is 5.98. The molecule has 7 heteroatoms. The van der Waals surface area contributed by atoms with E-state index in [2.05, 4.69) is 5.32 Å². The van der Waals surface area contributed by atoms with Crippen LogP contribution < -0.4 is 10.5 Å². The second-order valence-corrected chi connectivity index (χ2v) is 6.04. The maximum absolute atomic E-state index is 13.4. The summed E-state index contributed by atoms with van der Waals surface area (Å²) in [5.41, 5.74) is 1.58. The lowest BCUT2D eigenvalue weighted by Crippen LogP contribution is -2.17. The van der Waals surface area contributed by atoms with Gasteiger partial charge in [-0.05, 0) is 37.3 Å². The topological polar surface area (TPSA) is 89.3 Å². The Morgan fingerprint density at radius 2 is 1.76 bits per heavy atom. The number of sulfonamides is 1. The maximum Gasteiger partial charge on any atom is 0.255 e. The molecule has 3 N–H and O–H groups in total. The molecule has 2 aromatic rings. The van der Waals surface area contributed by atoms with E-state index < -0.39 is 26.6 Å². The molecular formula is C14H13FN2O3S. The lowest BCUT2D eigenvalue weighted by atomic mass is 10.2. The van der Waals surface area contributed by atoms with Crippen molar-refractivity contribution in [2.24, 2.45) is 5.14 Å². The van der Waals surface area contributed by atoms with Crippen molar-refractivity contribution in [1.82, 2.24) is 0 Å². The molecule has 0 atom stereocenters. The Hall–Kier alpha value is -2.25. The molecule has 0 aliphatic rings. The van der Waals surface area contributed by atoms with E-state index in [1.165, 1.54) is 6.07 Å². The molecule has 2 aromatic carbocycles. The van der Waals surface area contributed by atoms with Gasteiger partial charge < -0.3 is 5.32 Å². The molecule has 0 aliphatic carbocycles. The molecule has 0 saturated heterocycles. The number of carbonyl (C=O) groups is 1. The molecule has 0 spiro atoms. The number of carbonyl (C=O) groups excluding carboxylic acids is 1. The van der Waals surface area contributed by atoms with Gasteiger partial charge in [0.2, 0.25) is 10.0 Å². The summed E-state index contributed by atoms with van der Waals surface area (Å²) in [6, 6.07) is 10.0. The van der Waals surface area contributed by atoms with Crippen LogP contribution in [0.4, 0.5) is 10.1 Å². The number of halogens is 1. The van der Waals surface area contributed by atoms with Crippen LogP contribution in [0.25, 0.3) is 0 Å². The van der Waals surface area contributed by atoms with E-state index in [0.717, 1.165) is 17.7 Å². The fourth-order valence-electron chi connectivity index (χ4n) is 1.70. The second kappa shape index (κ2) is 5.63. The van der Waals surface area contributed by atoms with E-state index in [9.17, 15) is 17.6 Å². The van der Waals surface area contributed by atoms with Crippen molar-refractivity contribution in [3.8, 4) is 0 Å². The van der Waals surface area contributed by atoms with Crippen LogP contribution in [-0.4, -0.2) is 14.3 Å². The molecule has 0 heterocycles. The van der Waals surface area contributed by atoms with Crippen LogP contribution in [0.2, 0.25) is 0 Å². The fourth-order valence-corrected chi connectivity index (χ4v) is 2.33. The van der Waals surface area contributed by atoms with Crippen LogP contribution >= 0.6 is 0 Å². The lowest BCUT2D eigenvalue weighted by molar-refractivity contribution is 0.102. The van der Waals surface area contributed by atoms with Gasteiger partial charge in [-0.15, -0.1) is 0 Å². The number of aryl methyl sites for hydroxylation is 1. The van der Waals surface area contributed by atoms with Crippen molar-refractivity contribution in [2.75, 3.05) is 5.32 Å². The number of primary sulfonamides is 1. The second-order valence-electron chi connectivity index (χ2n) is 4.51. The van der Waals surface area contributed by atoms with Crippen LogP contribution in [0.3, 0.4) is 0 Å². The Morgan fingerprint density at radius 3 is 2.33 bits per heavy atom. The summed E-state index contributed by atoms with van der Waals surface area (Å²) in [6.07, 6.45) is 0. The number of nitrogens with two attached hydrogens (primary N) is 1. The van der Waals surface area contributed by atoms with E-state index in [4.69, 9.17) is 5.14 Å². The summed E-state index contributed by atoms with van der Waals surface area (Å²) in [7, 11) is -4.22. The molecule has 0 aliphatic heterocycles. The van der Waals surface area contributed by atoms with Crippen LogP contribution in [0.15, 0.2) is 47.4 Å². The third kappa shape index (κ3) is 3.65. The normalized spacial score (nSPS) is 11.2. The Bertz CT molecular complexity index is 786. The van der Waals surface area contributed by atoms with Crippen LogP contribution in [0.5, 0.6) is 0 Å². The number of rotatable bonds is 3. The minimum absolute atomic E-state index is 0.000926. The van der Waals surface area contributed by atoms with Gasteiger partial charge in [0.25, 0.3) is 5.91 Å². The minimum Gasteiger partial charge on any atom is -0.322 e. The average Bonchev–Trinajstić information content (AvgIpc) is 2.40. The molecule has 0 fully saturated rings. The smallest absolute Gasteiger partial charge is 0.255 e. The molecular weight excluding hydrogens is 295 g/mol. The first kappa shape index (κ1) is 15.1.